The van der Waals surface area contributed by atoms with Crippen LogP contribution in [0.1, 0.15) is 33.4 Å². The molecular weight excluding hydrogens is 689 g/mol. The summed E-state index contributed by atoms with van der Waals surface area (Å²) < 4.78 is 11.6. The van der Waals surface area contributed by atoms with Gasteiger partial charge in [-0.3, -0.25) is 9.97 Å². The van der Waals surface area contributed by atoms with E-state index in [2.05, 4.69) is 118 Å². The summed E-state index contributed by atoms with van der Waals surface area (Å²) in [6, 6.07) is 54.3. The van der Waals surface area contributed by atoms with Crippen molar-refractivity contribution in [2.45, 2.75) is 5.41 Å². The summed E-state index contributed by atoms with van der Waals surface area (Å²) in [5.41, 5.74) is 11.8. The molecule has 1 unspecified atom stereocenters. The van der Waals surface area contributed by atoms with Gasteiger partial charge in [0.15, 0.2) is 5.75 Å². The van der Waals surface area contributed by atoms with E-state index in [1.165, 1.54) is 10.8 Å². The SMILES string of the molecule is N#Cc1ccc2c(c1)c1cc(C#N)ccc1n2-c1cnc2c(c1)C1(c3ccccc3Oc3c(-n4c5ccccc5c5ccccc54)cccc31)c1cccnc1-2. The van der Waals surface area contributed by atoms with E-state index in [1.54, 1.807) is 0 Å². The minimum absolute atomic E-state index is 0.556. The molecule has 1 aliphatic carbocycles. The number of rotatable bonds is 2. The van der Waals surface area contributed by atoms with E-state index in [4.69, 9.17) is 14.7 Å². The number of nitriles is 2. The van der Waals surface area contributed by atoms with Crippen LogP contribution in [-0.2, 0) is 5.41 Å². The van der Waals surface area contributed by atoms with Gasteiger partial charge >= 0.3 is 0 Å². The van der Waals surface area contributed by atoms with Crippen molar-refractivity contribution < 1.29 is 4.74 Å². The standard InChI is InChI=1S/C49H26N6O/c50-26-29-18-20-42-34(23-29)35-24-30(27-51)19-21-43(35)54(42)31-25-39-47(53-28-31)46-37(13-8-22-52-46)49(39)36-11-3-6-17-45(36)56-48-38(49)12-7-16-44(48)55-40-14-4-1-9-32(40)33-10-2-5-15-41(33)55/h1-25,28H. The first-order chi connectivity index (χ1) is 27.7. The van der Waals surface area contributed by atoms with Crippen LogP contribution in [0.5, 0.6) is 11.5 Å². The molecule has 10 aromatic rings. The molecule has 5 heterocycles. The fourth-order valence-electron chi connectivity index (χ4n) is 9.52. The number of ether oxygens (including phenoxy) is 1. The third-order valence-corrected chi connectivity index (χ3v) is 11.7. The highest BCUT2D eigenvalue weighted by Crippen LogP contribution is 2.62. The lowest BCUT2D eigenvalue weighted by Gasteiger charge is -2.39. The smallest absolute Gasteiger partial charge is 0.156 e. The predicted molar refractivity (Wildman–Crippen MR) is 218 cm³/mol. The van der Waals surface area contributed by atoms with Crippen molar-refractivity contribution in [1.29, 1.82) is 10.5 Å². The molecule has 7 nitrogen and oxygen atoms in total. The van der Waals surface area contributed by atoms with Gasteiger partial charge < -0.3 is 13.9 Å². The zero-order chi connectivity index (χ0) is 37.1. The molecule has 0 radical (unpaired) electrons. The Morgan fingerprint density at radius 2 is 1.11 bits per heavy atom. The van der Waals surface area contributed by atoms with Crippen LogP contribution in [-0.4, -0.2) is 19.1 Å². The van der Waals surface area contributed by atoms with Crippen LogP contribution in [0.4, 0.5) is 0 Å². The molecule has 258 valence electrons. The van der Waals surface area contributed by atoms with Crippen molar-refractivity contribution in [2.75, 3.05) is 0 Å². The zero-order valence-electron chi connectivity index (χ0n) is 29.6. The van der Waals surface area contributed by atoms with E-state index < -0.39 is 5.41 Å². The van der Waals surface area contributed by atoms with Gasteiger partial charge in [-0.1, -0.05) is 72.8 Å². The molecule has 4 aromatic heterocycles. The number of nitrogens with zero attached hydrogens (tertiary/aromatic N) is 6. The van der Waals surface area contributed by atoms with E-state index >= 15 is 0 Å². The first kappa shape index (κ1) is 30.5. The molecule has 1 atom stereocenters. The summed E-state index contributed by atoms with van der Waals surface area (Å²) >= 11 is 0. The highest BCUT2D eigenvalue weighted by Gasteiger charge is 2.53. The highest BCUT2D eigenvalue weighted by atomic mass is 16.5. The summed E-state index contributed by atoms with van der Waals surface area (Å²) in [4.78, 5) is 10.3. The maximum atomic E-state index is 9.83. The van der Waals surface area contributed by atoms with Crippen LogP contribution in [0.15, 0.2) is 158 Å². The van der Waals surface area contributed by atoms with E-state index in [0.717, 1.165) is 89.4 Å². The first-order valence-corrected chi connectivity index (χ1v) is 18.4. The van der Waals surface area contributed by atoms with Crippen LogP contribution in [0, 0.1) is 22.7 Å². The van der Waals surface area contributed by atoms with Gasteiger partial charge in [0.05, 0.1) is 79.7 Å². The largest absolute Gasteiger partial charge is 0.454 e. The van der Waals surface area contributed by atoms with Gasteiger partial charge in [-0.05, 0) is 78.4 Å². The Hall–Kier alpha value is -8.00. The van der Waals surface area contributed by atoms with Crippen LogP contribution in [0.25, 0.3) is 66.4 Å². The van der Waals surface area contributed by atoms with Crippen molar-refractivity contribution in [2.24, 2.45) is 0 Å². The molecule has 0 saturated heterocycles. The number of para-hydroxylation sites is 4. The summed E-state index contributed by atoms with van der Waals surface area (Å²) in [5.74, 6) is 1.54. The van der Waals surface area contributed by atoms with E-state index in [-0.39, 0.29) is 0 Å². The average molecular weight is 715 g/mol. The molecule has 1 spiro atoms. The van der Waals surface area contributed by atoms with E-state index in [9.17, 15) is 10.5 Å². The van der Waals surface area contributed by atoms with Gasteiger partial charge in [0.25, 0.3) is 0 Å². The Kier molecular flexibility index (Phi) is 5.99. The van der Waals surface area contributed by atoms with Crippen molar-refractivity contribution in [3.05, 3.63) is 191 Å². The minimum atomic E-state index is -0.832. The summed E-state index contributed by atoms with van der Waals surface area (Å²) in [6.45, 7) is 0. The van der Waals surface area contributed by atoms with E-state index in [1.807, 2.05) is 60.9 Å². The Bertz CT molecular complexity index is 3330. The van der Waals surface area contributed by atoms with Gasteiger partial charge in [0.2, 0.25) is 0 Å². The van der Waals surface area contributed by atoms with Crippen LogP contribution in [0.3, 0.4) is 0 Å². The fourth-order valence-corrected chi connectivity index (χ4v) is 9.52. The third-order valence-electron chi connectivity index (χ3n) is 11.7. The molecule has 0 amide bonds. The lowest BCUT2D eigenvalue weighted by Crippen LogP contribution is -2.32. The zero-order valence-corrected chi connectivity index (χ0v) is 29.6. The van der Waals surface area contributed by atoms with Gasteiger partial charge in [-0.15, -0.1) is 0 Å². The minimum Gasteiger partial charge on any atom is -0.454 e. The molecule has 2 aliphatic rings. The number of fused-ring (bicyclic) bond motifs is 15. The molecule has 12 rings (SSSR count). The highest BCUT2D eigenvalue weighted by molar-refractivity contribution is 6.11. The van der Waals surface area contributed by atoms with Gasteiger partial charge in [0, 0.05) is 44.4 Å². The molecule has 0 fully saturated rings. The number of pyridine rings is 2. The van der Waals surface area contributed by atoms with Crippen LogP contribution >= 0.6 is 0 Å². The predicted octanol–water partition coefficient (Wildman–Crippen LogP) is 10.9. The quantitative estimate of drug-likeness (QED) is 0.178. The Labute approximate surface area is 320 Å². The van der Waals surface area contributed by atoms with Crippen molar-refractivity contribution in [3.8, 4) is 46.4 Å². The molecule has 1 aliphatic heterocycles. The van der Waals surface area contributed by atoms with Gasteiger partial charge in [0.1, 0.15) is 5.75 Å². The van der Waals surface area contributed by atoms with Crippen molar-refractivity contribution in [3.63, 3.8) is 0 Å². The Morgan fingerprint density at radius 1 is 0.500 bits per heavy atom. The molecule has 0 N–H and O–H groups in total. The first-order valence-electron chi connectivity index (χ1n) is 18.4. The van der Waals surface area contributed by atoms with Crippen molar-refractivity contribution >= 4 is 43.6 Å². The molecule has 56 heavy (non-hydrogen) atoms. The maximum Gasteiger partial charge on any atom is 0.156 e. The normalized spacial score (nSPS) is 15.0. The molecule has 0 bridgehead atoms. The molecule has 7 heteroatoms. The average Bonchev–Trinajstić information content (AvgIpc) is 3.87. The second kappa shape index (κ2) is 11.0. The van der Waals surface area contributed by atoms with E-state index in [0.29, 0.717) is 11.1 Å². The Balaban J connectivity index is 1.20. The lowest BCUT2D eigenvalue weighted by atomic mass is 9.66. The third kappa shape index (κ3) is 3.78. The number of hydrogen-bond acceptors (Lipinski definition) is 5. The fraction of sp³-hybridized carbons (Fsp3) is 0.0204. The topological polar surface area (TPSA) is 92.5 Å². The van der Waals surface area contributed by atoms with Crippen LogP contribution < -0.4 is 4.74 Å². The lowest BCUT2D eigenvalue weighted by molar-refractivity contribution is 0.434. The summed E-state index contributed by atoms with van der Waals surface area (Å²) in [7, 11) is 0. The molecular formula is C49H26N6O. The number of benzene rings is 6. The second-order valence-electron chi connectivity index (χ2n) is 14.4. The number of hydrogen-bond donors (Lipinski definition) is 0. The summed E-state index contributed by atoms with van der Waals surface area (Å²) in [6.07, 6.45) is 3.75. The Morgan fingerprint density at radius 3 is 1.82 bits per heavy atom. The number of aromatic nitrogens is 4. The summed E-state index contributed by atoms with van der Waals surface area (Å²) in [5, 5.41) is 23.8. The molecule has 6 aromatic carbocycles. The molecule has 0 saturated carbocycles. The van der Waals surface area contributed by atoms with Crippen molar-refractivity contribution in [1.82, 2.24) is 19.1 Å². The monoisotopic (exact) mass is 714 g/mol. The maximum absolute atomic E-state index is 9.83. The van der Waals surface area contributed by atoms with Gasteiger partial charge in [-0.2, -0.15) is 10.5 Å². The second-order valence-corrected chi connectivity index (χ2v) is 14.4. The van der Waals surface area contributed by atoms with Gasteiger partial charge in [-0.25, -0.2) is 0 Å². The van der Waals surface area contributed by atoms with Crippen LogP contribution in [0.2, 0.25) is 0 Å².